The van der Waals surface area contributed by atoms with E-state index < -0.39 is 11.6 Å². The van der Waals surface area contributed by atoms with Crippen molar-refractivity contribution in [2.24, 2.45) is 5.92 Å². The zero-order chi connectivity index (χ0) is 21.0. The minimum Gasteiger partial charge on any atom is -0.491 e. The van der Waals surface area contributed by atoms with E-state index >= 15 is 0 Å². The van der Waals surface area contributed by atoms with Crippen LogP contribution < -0.4 is 15.7 Å². The minimum absolute atomic E-state index is 0.0799. The number of aromatic nitrogens is 3. The van der Waals surface area contributed by atoms with Crippen molar-refractivity contribution in [1.29, 1.82) is 0 Å². The summed E-state index contributed by atoms with van der Waals surface area (Å²) in [5, 5.41) is 5.03. The number of ether oxygens (including phenoxy) is 1. The number of nitrogens with one attached hydrogen (secondary N) is 2. The molecule has 0 aliphatic carbocycles. The molecule has 3 rings (SSSR count). The number of anilines is 1. The molecule has 0 aliphatic heterocycles. The lowest BCUT2D eigenvalue weighted by Gasteiger charge is -2.09. The molecular weight excluding hydrogens is 388 g/mol. The SMILES string of the molecule is CC(C)Cc1cc(C(=O)Nc2nc(-c3ccc(OC(C)C)cc3)cs2)nc(=O)[nH]1. The monoisotopic (exact) mass is 412 g/mol. The molecule has 0 saturated heterocycles. The average Bonchev–Trinajstić information content (AvgIpc) is 3.09. The van der Waals surface area contributed by atoms with Gasteiger partial charge < -0.3 is 9.72 Å². The number of hydrogen-bond acceptors (Lipinski definition) is 6. The lowest BCUT2D eigenvalue weighted by Crippen LogP contribution is -2.22. The minimum atomic E-state index is -0.531. The van der Waals surface area contributed by atoms with Gasteiger partial charge in [-0.1, -0.05) is 13.8 Å². The lowest BCUT2D eigenvalue weighted by molar-refractivity contribution is 0.102. The Morgan fingerprint density at radius 3 is 2.55 bits per heavy atom. The summed E-state index contributed by atoms with van der Waals surface area (Å²) < 4.78 is 5.65. The van der Waals surface area contributed by atoms with Gasteiger partial charge in [0, 0.05) is 16.6 Å². The summed E-state index contributed by atoms with van der Waals surface area (Å²) in [7, 11) is 0. The van der Waals surface area contributed by atoms with Crippen LogP contribution in [0.3, 0.4) is 0 Å². The molecule has 2 heterocycles. The zero-order valence-corrected chi connectivity index (χ0v) is 17.7. The normalized spacial score (nSPS) is 11.1. The Hall–Kier alpha value is -3.00. The standard InChI is InChI=1S/C21H24N4O3S/c1-12(2)9-15-10-17(23-20(27)22-15)19(26)25-21-24-18(11-29-21)14-5-7-16(8-6-14)28-13(3)4/h5-8,10-13H,9H2,1-4H3,(H,22,23,27)(H,24,25,26). The van der Waals surface area contributed by atoms with Gasteiger partial charge in [-0.15, -0.1) is 11.3 Å². The van der Waals surface area contributed by atoms with Crippen LogP contribution in [-0.2, 0) is 6.42 Å². The highest BCUT2D eigenvalue weighted by atomic mass is 32.1. The number of aromatic amines is 1. The summed E-state index contributed by atoms with van der Waals surface area (Å²) >= 11 is 1.31. The third kappa shape index (κ3) is 5.74. The number of hydrogen-bond donors (Lipinski definition) is 2. The summed E-state index contributed by atoms with van der Waals surface area (Å²) in [5.41, 5.74) is 1.91. The maximum absolute atomic E-state index is 12.5. The zero-order valence-electron chi connectivity index (χ0n) is 16.9. The van der Waals surface area contributed by atoms with E-state index in [0.29, 0.717) is 23.2 Å². The second kappa shape index (κ2) is 9.00. The Morgan fingerprint density at radius 2 is 1.90 bits per heavy atom. The second-order valence-electron chi connectivity index (χ2n) is 7.38. The topological polar surface area (TPSA) is 97.0 Å². The number of benzene rings is 1. The van der Waals surface area contributed by atoms with Gasteiger partial charge in [0.05, 0.1) is 11.8 Å². The molecule has 7 nitrogen and oxygen atoms in total. The van der Waals surface area contributed by atoms with Crippen LogP contribution in [0.2, 0.25) is 0 Å². The Labute approximate surface area is 173 Å². The van der Waals surface area contributed by atoms with E-state index in [1.807, 2.05) is 57.3 Å². The summed E-state index contributed by atoms with van der Waals surface area (Å²) in [6.07, 6.45) is 0.775. The Kier molecular flexibility index (Phi) is 6.43. The summed E-state index contributed by atoms with van der Waals surface area (Å²) in [5.74, 6) is 0.690. The molecule has 8 heteroatoms. The third-order valence-corrected chi connectivity index (χ3v) is 4.67. The van der Waals surface area contributed by atoms with Gasteiger partial charge in [0.1, 0.15) is 11.4 Å². The molecule has 152 valence electrons. The quantitative estimate of drug-likeness (QED) is 0.608. The first-order chi connectivity index (χ1) is 13.8. The smallest absolute Gasteiger partial charge is 0.345 e. The van der Waals surface area contributed by atoms with E-state index in [0.717, 1.165) is 17.0 Å². The predicted molar refractivity (Wildman–Crippen MR) is 115 cm³/mol. The fourth-order valence-corrected chi connectivity index (χ4v) is 3.49. The molecule has 0 bridgehead atoms. The number of carbonyl (C=O) groups is 1. The summed E-state index contributed by atoms with van der Waals surface area (Å²) in [6.45, 7) is 8.03. The third-order valence-electron chi connectivity index (χ3n) is 3.91. The van der Waals surface area contributed by atoms with E-state index in [1.54, 1.807) is 6.07 Å². The fraction of sp³-hybridized carbons (Fsp3) is 0.333. The van der Waals surface area contributed by atoms with E-state index in [1.165, 1.54) is 11.3 Å². The Balaban J connectivity index is 1.72. The molecule has 1 amide bonds. The number of rotatable bonds is 7. The van der Waals surface area contributed by atoms with E-state index in [4.69, 9.17) is 4.74 Å². The van der Waals surface area contributed by atoms with E-state index in [-0.39, 0.29) is 11.8 Å². The van der Waals surface area contributed by atoms with E-state index in [2.05, 4.69) is 20.3 Å². The van der Waals surface area contributed by atoms with Crippen LogP contribution in [0, 0.1) is 5.92 Å². The van der Waals surface area contributed by atoms with Gasteiger partial charge in [-0.05, 0) is 56.5 Å². The van der Waals surface area contributed by atoms with E-state index in [9.17, 15) is 9.59 Å². The molecule has 29 heavy (non-hydrogen) atoms. The molecule has 2 N–H and O–H groups in total. The fourth-order valence-electron chi connectivity index (χ4n) is 2.78. The van der Waals surface area contributed by atoms with Crippen molar-refractivity contribution in [3.8, 4) is 17.0 Å². The molecule has 0 saturated carbocycles. The highest BCUT2D eigenvalue weighted by Crippen LogP contribution is 2.27. The largest absolute Gasteiger partial charge is 0.491 e. The number of H-pyrrole nitrogens is 1. The van der Waals surface area contributed by atoms with Gasteiger partial charge in [-0.2, -0.15) is 4.98 Å². The first-order valence-electron chi connectivity index (χ1n) is 9.44. The number of thiazole rings is 1. The molecule has 0 spiro atoms. The molecule has 0 atom stereocenters. The second-order valence-corrected chi connectivity index (χ2v) is 8.24. The van der Waals surface area contributed by atoms with Gasteiger partial charge in [0.25, 0.3) is 5.91 Å². The van der Waals surface area contributed by atoms with Crippen LogP contribution >= 0.6 is 11.3 Å². The van der Waals surface area contributed by atoms with Gasteiger partial charge in [0.15, 0.2) is 5.13 Å². The van der Waals surface area contributed by atoms with Gasteiger partial charge in [-0.25, -0.2) is 9.78 Å². The van der Waals surface area contributed by atoms with Crippen molar-refractivity contribution in [2.45, 2.75) is 40.2 Å². The summed E-state index contributed by atoms with van der Waals surface area (Å²) in [4.78, 5) is 35.2. The van der Waals surface area contributed by atoms with Crippen LogP contribution in [0.1, 0.15) is 43.9 Å². The van der Waals surface area contributed by atoms with Crippen molar-refractivity contribution < 1.29 is 9.53 Å². The maximum atomic E-state index is 12.5. The maximum Gasteiger partial charge on any atom is 0.345 e. The van der Waals surface area contributed by atoms with Crippen LogP contribution in [0.15, 0.2) is 40.5 Å². The average molecular weight is 413 g/mol. The van der Waals surface area contributed by atoms with Crippen LogP contribution in [-0.4, -0.2) is 27.0 Å². The highest BCUT2D eigenvalue weighted by molar-refractivity contribution is 7.14. The Bertz CT molecular complexity index is 1040. The molecule has 0 unspecified atom stereocenters. The molecule has 3 aromatic rings. The van der Waals surface area contributed by atoms with Crippen molar-refractivity contribution in [3.05, 3.63) is 57.6 Å². The number of amides is 1. The first-order valence-corrected chi connectivity index (χ1v) is 10.3. The van der Waals surface area contributed by atoms with Crippen LogP contribution in [0.5, 0.6) is 5.75 Å². The number of carbonyl (C=O) groups excluding carboxylic acids is 1. The van der Waals surface area contributed by atoms with Crippen molar-refractivity contribution in [3.63, 3.8) is 0 Å². The van der Waals surface area contributed by atoms with Gasteiger partial charge >= 0.3 is 5.69 Å². The van der Waals surface area contributed by atoms with Crippen molar-refractivity contribution in [1.82, 2.24) is 15.0 Å². The molecule has 2 aromatic heterocycles. The van der Waals surface area contributed by atoms with Crippen LogP contribution in [0.25, 0.3) is 11.3 Å². The molecule has 0 aliphatic rings. The first kappa shape index (κ1) is 20.7. The summed E-state index contributed by atoms with van der Waals surface area (Å²) in [6, 6.07) is 9.25. The van der Waals surface area contributed by atoms with Gasteiger partial charge in [0.2, 0.25) is 0 Å². The Morgan fingerprint density at radius 1 is 1.17 bits per heavy atom. The molecule has 1 aromatic carbocycles. The highest BCUT2D eigenvalue weighted by Gasteiger charge is 2.14. The molecular formula is C21H24N4O3S. The van der Waals surface area contributed by atoms with Crippen molar-refractivity contribution >= 4 is 22.4 Å². The van der Waals surface area contributed by atoms with Crippen molar-refractivity contribution in [2.75, 3.05) is 5.32 Å². The number of nitrogens with zero attached hydrogens (tertiary/aromatic N) is 2. The van der Waals surface area contributed by atoms with Gasteiger partial charge in [-0.3, -0.25) is 10.1 Å². The molecule has 0 fully saturated rings. The molecule has 0 radical (unpaired) electrons. The lowest BCUT2D eigenvalue weighted by atomic mass is 10.1. The van der Waals surface area contributed by atoms with Crippen LogP contribution in [0.4, 0.5) is 5.13 Å². The predicted octanol–water partition coefficient (Wildman–Crippen LogP) is 4.13.